The van der Waals surface area contributed by atoms with Crippen molar-refractivity contribution in [2.45, 2.75) is 30.7 Å². The number of halogens is 1. The molecule has 0 bridgehead atoms. The minimum atomic E-state index is -3.97. The Morgan fingerprint density at radius 2 is 1.86 bits per heavy atom. The molecule has 1 aromatic heterocycles. The normalized spacial score (nSPS) is 15.2. The van der Waals surface area contributed by atoms with E-state index in [1.165, 1.54) is 0 Å². The van der Waals surface area contributed by atoms with Gasteiger partial charge in [-0.2, -0.15) is 5.26 Å². The number of aryl methyl sites for hydroxylation is 2. The summed E-state index contributed by atoms with van der Waals surface area (Å²) < 4.78 is 46.2. The highest BCUT2D eigenvalue weighted by atomic mass is 35.7. The van der Waals surface area contributed by atoms with Crippen LogP contribution in [0.5, 0.6) is 0 Å². The van der Waals surface area contributed by atoms with Crippen molar-refractivity contribution in [1.29, 1.82) is 5.26 Å². The number of hydrogen-bond donors (Lipinski definition) is 0. The molecule has 21 heavy (non-hydrogen) atoms. The van der Waals surface area contributed by atoms with Crippen molar-refractivity contribution < 1.29 is 16.8 Å². The van der Waals surface area contributed by atoms with Crippen LogP contribution in [0, 0.1) is 11.3 Å². The Hall–Kier alpha value is -1.17. The van der Waals surface area contributed by atoms with Crippen LogP contribution in [0.2, 0.25) is 0 Å². The molecule has 0 radical (unpaired) electrons. The van der Waals surface area contributed by atoms with Gasteiger partial charge < -0.3 is 0 Å². The van der Waals surface area contributed by atoms with Gasteiger partial charge in [0.2, 0.25) is 9.05 Å². The van der Waals surface area contributed by atoms with E-state index in [4.69, 9.17) is 15.9 Å². The quantitative estimate of drug-likeness (QED) is 0.756. The molecule has 114 valence electrons. The molecule has 6 nitrogen and oxygen atoms in total. The molecule has 9 heteroatoms. The molecule has 1 aromatic rings. The Kier molecular flexibility index (Phi) is 4.56. The van der Waals surface area contributed by atoms with E-state index in [0.717, 1.165) is 24.8 Å². The molecule has 1 aliphatic carbocycles. The van der Waals surface area contributed by atoms with Crippen LogP contribution in [0.1, 0.15) is 29.7 Å². The third-order valence-corrected chi connectivity index (χ3v) is 6.33. The monoisotopic (exact) mass is 348 g/mol. The molecule has 0 amide bonds. The van der Waals surface area contributed by atoms with Crippen molar-refractivity contribution in [2.24, 2.45) is 0 Å². The van der Waals surface area contributed by atoms with E-state index in [-0.39, 0.29) is 10.6 Å². The molecule has 1 aliphatic rings. The van der Waals surface area contributed by atoms with E-state index >= 15 is 0 Å². The number of rotatable bonds is 4. The SMILES string of the molecule is N#Cc1cc2c(nc1S(=O)(=O)CCS(=O)(=O)Cl)CCCC2. The molecule has 0 saturated heterocycles. The summed E-state index contributed by atoms with van der Waals surface area (Å²) in [6.07, 6.45) is 3.34. The number of hydrogen-bond acceptors (Lipinski definition) is 6. The molecular formula is C12H13ClN2O4S2. The highest BCUT2D eigenvalue weighted by molar-refractivity contribution is 8.14. The van der Waals surface area contributed by atoms with E-state index in [9.17, 15) is 16.8 Å². The summed E-state index contributed by atoms with van der Waals surface area (Å²) in [6.45, 7) is 0. The number of pyridine rings is 1. The molecular weight excluding hydrogens is 336 g/mol. The number of sulfone groups is 1. The van der Waals surface area contributed by atoms with E-state index in [0.29, 0.717) is 12.1 Å². The van der Waals surface area contributed by atoms with Gasteiger partial charge in [-0.3, -0.25) is 0 Å². The van der Waals surface area contributed by atoms with Crippen molar-refractivity contribution in [2.75, 3.05) is 11.5 Å². The zero-order valence-corrected chi connectivity index (χ0v) is 13.4. The van der Waals surface area contributed by atoms with Gasteiger partial charge in [0.05, 0.1) is 17.1 Å². The first kappa shape index (κ1) is 16.2. The fourth-order valence-corrected chi connectivity index (χ4v) is 5.36. The first-order valence-corrected chi connectivity index (χ1v) is 10.4. The molecule has 0 aliphatic heterocycles. The number of nitriles is 1. The Bertz CT molecular complexity index is 810. The average molecular weight is 349 g/mol. The molecule has 0 atom stereocenters. The largest absolute Gasteiger partial charge is 0.240 e. The maximum absolute atomic E-state index is 12.2. The molecule has 1 heterocycles. The van der Waals surface area contributed by atoms with Crippen LogP contribution in [0.25, 0.3) is 0 Å². The third kappa shape index (κ3) is 3.93. The lowest BCUT2D eigenvalue weighted by atomic mass is 9.95. The fourth-order valence-electron chi connectivity index (χ4n) is 2.24. The summed E-state index contributed by atoms with van der Waals surface area (Å²) in [5, 5.41) is 8.77. The summed E-state index contributed by atoms with van der Waals surface area (Å²) >= 11 is 0. The van der Waals surface area contributed by atoms with Crippen LogP contribution in [-0.2, 0) is 31.7 Å². The predicted molar refractivity (Wildman–Crippen MR) is 77.3 cm³/mol. The highest BCUT2D eigenvalue weighted by Crippen LogP contribution is 2.24. The van der Waals surface area contributed by atoms with Crippen molar-refractivity contribution >= 4 is 29.6 Å². The maximum Gasteiger partial charge on any atom is 0.233 e. The van der Waals surface area contributed by atoms with Crippen LogP contribution in [0.15, 0.2) is 11.1 Å². The van der Waals surface area contributed by atoms with Gasteiger partial charge in [0.25, 0.3) is 0 Å². The number of aromatic nitrogens is 1. The van der Waals surface area contributed by atoms with Gasteiger partial charge in [0, 0.05) is 16.4 Å². The van der Waals surface area contributed by atoms with E-state index < -0.39 is 30.4 Å². The molecule has 0 aromatic carbocycles. The van der Waals surface area contributed by atoms with Crippen molar-refractivity contribution in [3.63, 3.8) is 0 Å². The van der Waals surface area contributed by atoms with Crippen molar-refractivity contribution in [3.8, 4) is 6.07 Å². The molecule has 0 unspecified atom stereocenters. The average Bonchev–Trinajstić information content (AvgIpc) is 2.43. The Balaban J connectivity index is 2.45. The molecule has 0 fully saturated rings. The minimum Gasteiger partial charge on any atom is -0.240 e. The van der Waals surface area contributed by atoms with Crippen LogP contribution in [0.3, 0.4) is 0 Å². The predicted octanol–water partition coefficient (Wildman–Crippen LogP) is 1.17. The summed E-state index contributed by atoms with van der Waals surface area (Å²) in [4.78, 5) is 4.11. The van der Waals surface area contributed by atoms with E-state index in [1.807, 2.05) is 6.07 Å². The lowest BCUT2D eigenvalue weighted by molar-refractivity contribution is 0.586. The van der Waals surface area contributed by atoms with Crippen LogP contribution >= 0.6 is 10.7 Å². The number of fused-ring (bicyclic) bond motifs is 1. The maximum atomic E-state index is 12.2. The highest BCUT2D eigenvalue weighted by Gasteiger charge is 2.26. The minimum absolute atomic E-state index is 0.0392. The molecule has 2 rings (SSSR count). The fraction of sp³-hybridized carbons (Fsp3) is 0.500. The van der Waals surface area contributed by atoms with Crippen LogP contribution in [-0.4, -0.2) is 33.3 Å². The van der Waals surface area contributed by atoms with Gasteiger partial charge in [-0.05, 0) is 37.3 Å². The Morgan fingerprint density at radius 1 is 1.19 bits per heavy atom. The molecule has 0 spiro atoms. The van der Waals surface area contributed by atoms with Crippen molar-refractivity contribution in [3.05, 3.63) is 22.9 Å². The first-order valence-electron chi connectivity index (χ1n) is 6.31. The lowest BCUT2D eigenvalue weighted by Crippen LogP contribution is -2.19. The van der Waals surface area contributed by atoms with Gasteiger partial charge in [0.15, 0.2) is 14.9 Å². The second kappa shape index (κ2) is 5.91. The zero-order valence-electron chi connectivity index (χ0n) is 11.0. The Labute approximate surface area is 128 Å². The number of nitrogens with zero attached hydrogens (tertiary/aromatic N) is 2. The van der Waals surface area contributed by atoms with Crippen LogP contribution < -0.4 is 0 Å². The van der Waals surface area contributed by atoms with E-state index in [1.54, 1.807) is 6.07 Å². The molecule has 0 saturated carbocycles. The Morgan fingerprint density at radius 3 is 2.48 bits per heavy atom. The second-order valence-corrected chi connectivity index (χ2v) is 9.75. The summed E-state index contributed by atoms with van der Waals surface area (Å²) in [6, 6.07) is 3.37. The topological polar surface area (TPSA) is 105 Å². The van der Waals surface area contributed by atoms with Gasteiger partial charge in [-0.15, -0.1) is 0 Å². The molecule has 0 N–H and O–H groups in total. The van der Waals surface area contributed by atoms with Gasteiger partial charge in [-0.1, -0.05) is 0 Å². The summed E-state index contributed by atoms with van der Waals surface area (Å²) in [5.74, 6) is -1.39. The standard InChI is InChI=1S/C12H13ClN2O4S2/c13-21(18,19)6-5-20(16,17)12-10(8-14)7-9-3-1-2-4-11(9)15-12/h7H,1-6H2. The van der Waals surface area contributed by atoms with Crippen molar-refractivity contribution in [1.82, 2.24) is 4.98 Å². The third-order valence-electron chi connectivity index (χ3n) is 3.28. The summed E-state index contributed by atoms with van der Waals surface area (Å²) in [7, 11) is -2.85. The second-order valence-electron chi connectivity index (χ2n) is 4.83. The smallest absolute Gasteiger partial charge is 0.233 e. The zero-order chi connectivity index (χ0) is 15.7. The first-order chi connectivity index (χ1) is 9.73. The van der Waals surface area contributed by atoms with E-state index in [2.05, 4.69) is 4.98 Å². The van der Waals surface area contributed by atoms with Gasteiger partial charge in [-0.25, -0.2) is 21.8 Å². The van der Waals surface area contributed by atoms with Crippen LogP contribution in [0.4, 0.5) is 0 Å². The summed E-state index contributed by atoms with van der Waals surface area (Å²) in [5.41, 5.74) is 1.52. The van der Waals surface area contributed by atoms with Gasteiger partial charge in [0.1, 0.15) is 6.07 Å². The van der Waals surface area contributed by atoms with Gasteiger partial charge >= 0.3 is 0 Å². The lowest BCUT2D eigenvalue weighted by Gasteiger charge is -2.16.